The molecule has 91 heavy (non-hydrogen) atoms. The van der Waals surface area contributed by atoms with Crippen LogP contribution >= 0.6 is 15.9 Å². The van der Waals surface area contributed by atoms with Gasteiger partial charge in [0.05, 0.1) is 18.8 Å². The fourth-order valence-electron chi connectivity index (χ4n) is 10.4. The van der Waals surface area contributed by atoms with Crippen LogP contribution in [0.25, 0.3) is 16.9 Å². The fraction of sp³-hybridized carbons (Fsp3) is 0.556. The number of alkyl halides is 1. The van der Waals surface area contributed by atoms with Gasteiger partial charge in [-0.05, 0) is 67.5 Å². The number of pyridine rings is 3. The van der Waals surface area contributed by atoms with Crippen molar-refractivity contribution in [2.45, 2.75) is 181 Å². The third-order valence-electron chi connectivity index (χ3n) is 15.7. The molecule has 6 aromatic rings. The highest BCUT2D eigenvalue weighted by Crippen LogP contribution is 2.37. The molecule has 6 aromatic heterocycles. The Labute approximate surface area is 533 Å². The zero-order valence-electron chi connectivity index (χ0n) is 52.8. The first-order valence-corrected chi connectivity index (χ1v) is 31.0. The minimum Gasteiger partial charge on any atom is -0.504 e. The molecule has 0 amide bonds. The lowest BCUT2D eigenvalue weighted by Gasteiger charge is -2.43. The number of fused-ring (bicyclic) bond motifs is 3. The fourth-order valence-corrected chi connectivity index (χ4v) is 11.2. The third-order valence-corrected chi connectivity index (χ3v) is 16.5. The second-order valence-electron chi connectivity index (χ2n) is 22.4. The van der Waals surface area contributed by atoms with E-state index in [1.165, 1.54) is 53.2 Å². The highest BCUT2D eigenvalue weighted by molar-refractivity contribution is 9.09. The molecular formula is C63H83BrN6O21. The summed E-state index contributed by atoms with van der Waals surface area (Å²) in [4.78, 5) is 94.8. The van der Waals surface area contributed by atoms with Crippen molar-refractivity contribution in [2.24, 2.45) is 23.7 Å². The number of carbonyl (C=O) groups excluding carboxylic acids is 4. The number of aromatic hydroxyl groups is 1. The molecule has 28 heteroatoms. The number of ether oxygens (including phenoxy) is 9. The van der Waals surface area contributed by atoms with E-state index >= 15 is 0 Å². The van der Waals surface area contributed by atoms with Crippen LogP contribution in [0.4, 0.5) is 0 Å². The zero-order chi connectivity index (χ0) is 67.0. The second-order valence-corrected chi connectivity index (χ2v) is 23.3. The van der Waals surface area contributed by atoms with Crippen LogP contribution in [0.5, 0.6) is 17.2 Å². The van der Waals surface area contributed by atoms with E-state index in [0.29, 0.717) is 53.0 Å². The molecule has 0 bridgehead atoms. The van der Waals surface area contributed by atoms with E-state index in [1.807, 2.05) is 48.5 Å². The van der Waals surface area contributed by atoms with Gasteiger partial charge in [-0.2, -0.15) is 0 Å². The molecule has 0 aliphatic carbocycles. The minimum absolute atomic E-state index is 0.0256. The number of halogens is 1. The molecule has 0 spiro atoms. The number of nitrogens with zero attached hydrogens (tertiary/aromatic N) is 6. The van der Waals surface area contributed by atoms with Crippen LogP contribution in [0.2, 0.25) is 0 Å². The van der Waals surface area contributed by atoms with Crippen LogP contribution in [0, 0.1) is 23.7 Å². The molecule has 5 N–H and O–H groups in total. The maximum atomic E-state index is 12.8. The molecule has 9 heterocycles. The standard InChI is InChI=1S/C23H30N2O7.C17H22N2O7.C12H19BrO5.C11H12N2O2/c1-6-8-17-11-24-21-18(9-7-10-25(21)22(17)28)31-23-20(30-16(5)27)14(3)13(2)19(32-23)12-29-15(4)26;1-2-4-9-7-18-15-10(5-3-6-19(15)16(9)24)25-17-14(23)13(22)12(21)11(8-20)26-17;1-6-7(2)11(17-9(4)15)12(13)18-10(6)5-16-8(3)14;1-2-4-8-7-12-10-9(14)5-3-6-13(10)11(8)15/h7,9-11,13-14,19-20,23H,6,8,12H2,1-5H3;3,5-7,11-14,17,20-23H,2,4,8H2,1H3;6-7,10-12H,5H2,1-4H3;3,5-7,14H,2,4H2,1H3/t13-,14-,19?,20?,23+;11?,12-,13+,14?,17-;6-,7-,10?,11?,12+;/m010./s1. The molecule has 0 saturated carbocycles. The first-order valence-electron chi connectivity index (χ1n) is 30.1. The van der Waals surface area contributed by atoms with Crippen molar-refractivity contribution in [3.8, 4) is 17.2 Å². The van der Waals surface area contributed by atoms with Gasteiger partial charge in [-0.3, -0.25) is 46.8 Å². The Balaban J connectivity index is 0.000000201. The van der Waals surface area contributed by atoms with Crippen molar-refractivity contribution in [3.05, 3.63) is 121 Å². The predicted molar refractivity (Wildman–Crippen MR) is 330 cm³/mol. The lowest BCUT2D eigenvalue weighted by atomic mass is 9.83. The number of hydrogen-bond acceptors (Lipinski definition) is 24. The summed E-state index contributed by atoms with van der Waals surface area (Å²) < 4.78 is 53.9. The van der Waals surface area contributed by atoms with E-state index in [9.17, 15) is 59.1 Å². The van der Waals surface area contributed by atoms with Crippen molar-refractivity contribution < 1.29 is 87.3 Å². The van der Waals surface area contributed by atoms with Gasteiger partial charge in [-0.15, -0.1) is 0 Å². The summed E-state index contributed by atoms with van der Waals surface area (Å²) in [5.41, 5.74) is 2.29. The van der Waals surface area contributed by atoms with Crippen LogP contribution in [-0.4, -0.2) is 164 Å². The first kappa shape index (κ1) is 72.6. The number of aromatic nitrogens is 6. The molecule has 6 unspecified atom stereocenters. The van der Waals surface area contributed by atoms with Gasteiger partial charge in [0.1, 0.15) is 48.7 Å². The Morgan fingerprint density at radius 2 is 0.923 bits per heavy atom. The lowest BCUT2D eigenvalue weighted by molar-refractivity contribution is -0.277. The highest BCUT2D eigenvalue weighted by atomic mass is 79.9. The van der Waals surface area contributed by atoms with Gasteiger partial charge in [-0.1, -0.05) is 83.7 Å². The summed E-state index contributed by atoms with van der Waals surface area (Å²) in [6, 6.07) is 9.64. The predicted octanol–water partition coefficient (Wildman–Crippen LogP) is 4.57. The largest absolute Gasteiger partial charge is 0.504 e. The molecule has 0 radical (unpaired) electrons. The Hall–Kier alpha value is -7.44. The van der Waals surface area contributed by atoms with Crippen LogP contribution in [0.15, 0.2) is 88.0 Å². The SMILES string of the molecule is CC(=O)OCC1O[C@@H](Br)C(OC(C)=O)[C@@H](C)[C@@H]1C.CCCc1cnc2c(O)cccn2c1=O.CCCc1cnc2c(O[C@@H]3OC(CO)[C@@H](O)[C@H](O)C3O)cccn2c1=O.CCCc1cnc2c(O[C@@H]3OC(COC(C)=O)[C@@H](C)[C@H](C)C3OC(C)=O)cccn2c1=O. The molecule has 9 rings (SSSR count). The van der Waals surface area contributed by atoms with Crippen LogP contribution in [0.1, 0.15) is 112 Å². The smallest absolute Gasteiger partial charge is 0.303 e. The van der Waals surface area contributed by atoms with Gasteiger partial charge < -0.3 is 68.2 Å². The summed E-state index contributed by atoms with van der Waals surface area (Å²) in [7, 11) is 0. The first-order chi connectivity index (χ1) is 43.3. The number of rotatable bonds is 17. The zero-order valence-corrected chi connectivity index (χ0v) is 54.4. The number of esters is 4. The minimum atomic E-state index is -1.55. The van der Waals surface area contributed by atoms with Crippen LogP contribution in [-0.2, 0) is 71.6 Å². The summed E-state index contributed by atoms with van der Waals surface area (Å²) >= 11 is 3.36. The van der Waals surface area contributed by atoms with Crippen molar-refractivity contribution in [1.82, 2.24) is 28.2 Å². The van der Waals surface area contributed by atoms with E-state index in [4.69, 9.17) is 42.6 Å². The monoisotopic (exact) mass is 1340 g/mol. The maximum Gasteiger partial charge on any atom is 0.303 e. The number of aliphatic hydroxyl groups is 4. The summed E-state index contributed by atoms with van der Waals surface area (Å²) in [6.45, 7) is 19.0. The number of hydrogen-bond donors (Lipinski definition) is 5. The average molecular weight is 1340 g/mol. The molecule has 3 saturated heterocycles. The van der Waals surface area contributed by atoms with Gasteiger partial charge in [-0.25, -0.2) is 15.0 Å². The molecule has 498 valence electrons. The molecule has 3 aliphatic heterocycles. The van der Waals surface area contributed by atoms with Crippen molar-refractivity contribution >= 4 is 56.7 Å². The van der Waals surface area contributed by atoms with E-state index in [1.54, 1.807) is 61.3 Å². The second kappa shape index (κ2) is 33.8. The summed E-state index contributed by atoms with van der Waals surface area (Å²) in [6.07, 6.45) is 4.27. The lowest BCUT2D eigenvalue weighted by Crippen LogP contribution is -2.60. The van der Waals surface area contributed by atoms with E-state index in [0.717, 1.165) is 19.3 Å². The van der Waals surface area contributed by atoms with Crippen LogP contribution < -0.4 is 26.2 Å². The van der Waals surface area contributed by atoms with Gasteiger partial charge in [0.15, 0.2) is 40.3 Å². The Morgan fingerprint density at radius 3 is 1.36 bits per heavy atom. The van der Waals surface area contributed by atoms with Crippen molar-refractivity contribution in [1.29, 1.82) is 0 Å². The van der Waals surface area contributed by atoms with E-state index in [2.05, 4.69) is 30.9 Å². The number of aliphatic hydroxyl groups excluding tert-OH is 4. The Morgan fingerprint density at radius 1 is 0.527 bits per heavy atom. The quantitative estimate of drug-likeness (QED) is 0.0474. The van der Waals surface area contributed by atoms with Crippen molar-refractivity contribution in [3.63, 3.8) is 0 Å². The topological polar surface area (TPSA) is 356 Å². The normalized spacial score (nSPS) is 26.1. The summed E-state index contributed by atoms with van der Waals surface area (Å²) in [5.74, 6) is -0.970. The number of carbonyl (C=O) groups is 4. The maximum absolute atomic E-state index is 12.8. The van der Waals surface area contributed by atoms with Gasteiger partial charge in [0.25, 0.3) is 16.7 Å². The average Bonchev–Trinajstić information content (AvgIpc) is 0.842. The molecule has 3 fully saturated rings. The van der Waals surface area contributed by atoms with Gasteiger partial charge >= 0.3 is 23.9 Å². The third kappa shape index (κ3) is 18.4. The van der Waals surface area contributed by atoms with Crippen molar-refractivity contribution in [2.75, 3.05) is 19.8 Å². The Bertz CT molecular complexity index is 3620. The van der Waals surface area contributed by atoms with Gasteiger partial charge in [0.2, 0.25) is 12.6 Å². The Kier molecular flexibility index (Phi) is 26.9. The molecule has 3 aliphatic rings. The molecule has 15 atom stereocenters. The molecule has 27 nitrogen and oxygen atoms in total. The number of aryl methyl sites for hydroxylation is 3. The van der Waals surface area contributed by atoms with E-state index in [-0.39, 0.29) is 99.9 Å². The van der Waals surface area contributed by atoms with Gasteiger partial charge in [0, 0.05) is 93.4 Å². The highest BCUT2D eigenvalue weighted by Gasteiger charge is 2.47. The molecular weight excluding hydrogens is 1260 g/mol. The van der Waals surface area contributed by atoms with Crippen LogP contribution in [0.3, 0.4) is 0 Å². The summed E-state index contributed by atoms with van der Waals surface area (Å²) in [5, 5.41) is 48.1. The van der Waals surface area contributed by atoms with E-state index < -0.39 is 67.7 Å². The molecule has 0 aromatic carbocycles.